The largest absolute Gasteiger partial charge is 0.328 e. The minimum absolute atomic E-state index is 0.0591. The maximum atomic E-state index is 11.3. The van der Waals surface area contributed by atoms with Crippen LogP contribution in [0, 0.1) is 6.92 Å². The Hall–Kier alpha value is -1.41. The number of hydrogen-bond acceptors (Lipinski definition) is 5. The second-order valence-corrected chi connectivity index (χ2v) is 4.93. The van der Waals surface area contributed by atoms with E-state index >= 15 is 0 Å². The monoisotopic (exact) mass is 248 g/mol. The highest BCUT2D eigenvalue weighted by Gasteiger charge is 2.04. The molecule has 90 valence electrons. The molecule has 0 spiro atoms. The van der Waals surface area contributed by atoms with Gasteiger partial charge in [-0.15, -0.1) is 0 Å². The SMILES string of the molecule is Cc1cn(CCOS(C)(=O)=O)c(=O)[nH]c1=O. The Bertz CT molecular complexity index is 583. The molecule has 0 saturated carbocycles. The first-order chi connectivity index (χ1) is 7.29. The molecule has 1 heterocycles. The lowest BCUT2D eigenvalue weighted by atomic mass is 10.4. The molecule has 0 aliphatic carbocycles. The van der Waals surface area contributed by atoms with Gasteiger partial charge in [-0.25, -0.2) is 4.79 Å². The van der Waals surface area contributed by atoms with Crippen molar-refractivity contribution in [1.29, 1.82) is 0 Å². The molecule has 1 N–H and O–H groups in total. The molecule has 0 aliphatic rings. The number of rotatable bonds is 4. The van der Waals surface area contributed by atoms with Crippen molar-refractivity contribution >= 4 is 10.1 Å². The van der Waals surface area contributed by atoms with Gasteiger partial charge in [0.15, 0.2) is 0 Å². The molecule has 0 bridgehead atoms. The average molecular weight is 248 g/mol. The van der Waals surface area contributed by atoms with Gasteiger partial charge in [-0.3, -0.25) is 18.5 Å². The van der Waals surface area contributed by atoms with Crippen LogP contribution >= 0.6 is 0 Å². The Labute approximate surface area is 91.8 Å². The molecule has 0 amide bonds. The Morgan fingerprint density at radius 2 is 2.06 bits per heavy atom. The Kier molecular flexibility index (Phi) is 3.66. The predicted octanol–water partition coefficient (Wildman–Crippen LogP) is -1.18. The van der Waals surface area contributed by atoms with Gasteiger partial charge < -0.3 is 0 Å². The quantitative estimate of drug-likeness (QED) is 0.676. The van der Waals surface area contributed by atoms with Crippen LogP contribution in [0.2, 0.25) is 0 Å². The van der Waals surface area contributed by atoms with Crippen LogP contribution in [0.5, 0.6) is 0 Å². The number of hydrogen-bond donors (Lipinski definition) is 1. The van der Waals surface area contributed by atoms with Gasteiger partial charge in [-0.1, -0.05) is 0 Å². The van der Waals surface area contributed by atoms with E-state index in [4.69, 9.17) is 0 Å². The lowest BCUT2D eigenvalue weighted by Crippen LogP contribution is -2.32. The van der Waals surface area contributed by atoms with E-state index in [2.05, 4.69) is 9.17 Å². The lowest BCUT2D eigenvalue weighted by molar-refractivity contribution is 0.301. The number of aromatic nitrogens is 2. The fraction of sp³-hybridized carbons (Fsp3) is 0.500. The van der Waals surface area contributed by atoms with E-state index in [9.17, 15) is 18.0 Å². The smallest absolute Gasteiger partial charge is 0.298 e. The van der Waals surface area contributed by atoms with Crippen molar-refractivity contribution in [3.05, 3.63) is 32.6 Å². The topological polar surface area (TPSA) is 98.2 Å². The van der Waals surface area contributed by atoms with E-state index in [1.54, 1.807) is 6.92 Å². The molecule has 0 atom stereocenters. The Morgan fingerprint density at radius 3 is 2.62 bits per heavy atom. The summed E-state index contributed by atoms with van der Waals surface area (Å²) in [6.45, 7) is 1.46. The normalized spacial score (nSPS) is 11.6. The van der Waals surface area contributed by atoms with Crippen LogP contribution in [0.1, 0.15) is 5.56 Å². The summed E-state index contributed by atoms with van der Waals surface area (Å²) in [5.74, 6) is 0. The maximum absolute atomic E-state index is 11.3. The first kappa shape index (κ1) is 12.7. The highest BCUT2D eigenvalue weighted by molar-refractivity contribution is 7.85. The molecule has 0 aromatic carbocycles. The van der Waals surface area contributed by atoms with Crippen molar-refractivity contribution < 1.29 is 12.6 Å². The van der Waals surface area contributed by atoms with Crippen LogP contribution in [0.15, 0.2) is 15.8 Å². The molecule has 0 saturated heterocycles. The minimum Gasteiger partial charge on any atom is -0.298 e. The molecular formula is C8H12N2O5S. The summed E-state index contributed by atoms with van der Waals surface area (Å²) >= 11 is 0. The zero-order valence-electron chi connectivity index (χ0n) is 8.89. The van der Waals surface area contributed by atoms with Gasteiger partial charge in [0.05, 0.1) is 19.4 Å². The molecule has 1 aromatic rings. The van der Waals surface area contributed by atoms with Gasteiger partial charge in [0.2, 0.25) is 0 Å². The van der Waals surface area contributed by atoms with Crippen LogP contribution in [0.25, 0.3) is 0 Å². The van der Waals surface area contributed by atoms with Gasteiger partial charge in [-0.2, -0.15) is 8.42 Å². The molecule has 8 heteroatoms. The van der Waals surface area contributed by atoms with E-state index < -0.39 is 21.4 Å². The number of H-pyrrole nitrogens is 1. The second-order valence-electron chi connectivity index (χ2n) is 3.29. The number of nitrogens with zero attached hydrogens (tertiary/aromatic N) is 1. The van der Waals surface area contributed by atoms with Crippen LogP contribution in [0.4, 0.5) is 0 Å². The number of aryl methyl sites for hydroxylation is 1. The van der Waals surface area contributed by atoms with Crippen LogP contribution < -0.4 is 11.2 Å². The third-order valence-electron chi connectivity index (χ3n) is 1.82. The maximum Gasteiger partial charge on any atom is 0.328 e. The van der Waals surface area contributed by atoms with Crippen molar-refractivity contribution in [3.63, 3.8) is 0 Å². The summed E-state index contributed by atoms with van der Waals surface area (Å²) in [7, 11) is -3.51. The molecule has 0 radical (unpaired) electrons. The van der Waals surface area contributed by atoms with E-state index in [0.29, 0.717) is 5.56 Å². The van der Waals surface area contributed by atoms with Gasteiger partial charge >= 0.3 is 5.69 Å². The van der Waals surface area contributed by atoms with E-state index in [0.717, 1.165) is 6.26 Å². The van der Waals surface area contributed by atoms with Crippen LogP contribution in [-0.2, 0) is 20.8 Å². The first-order valence-electron chi connectivity index (χ1n) is 4.44. The average Bonchev–Trinajstić information content (AvgIpc) is 2.11. The van der Waals surface area contributed by atoms with Gasteiger partial charge in [0.1, 0.15) is 0 Å². The minimum atomic E-state index is -3.51. The van der Waals surface area contributed by atoms with Crippen molar-refractivity contribution in [2.75, 3.05) is 12.9 Å². The standard InChI is InChI=1S/C8H12N2O5S/c1-6-5-10(8(12)9-7(6)11)3-4-15-16(2,13)14/h5H,3-4H2,1-2H3,(H,9,11,12). The van der Waals surface area contributed by atoms with Crippen LogP contribution in [0.3, 0.4) is 0 Å². The molecule has 1 rings (SSSR count). The zero-order chi connectivity index (χ0) is 12.3. The lowest BCUT2D eigenvalue weighted by Gasteiger charge is -2.05. The molecule has 0 aliphatic heterocycles. The fourth-order valence-electron chi connectivity index (χ4n) is 1.07. The van der Waals surface area contributed by atoms with Crippen molar-refractivity contribution in [1.82, 2.24) is 9.55 Å². The summed E-state index contributed by atoms with van der Waals surface area (Å²) in [5.41, 5.74) is -0.670. The van der Waals surface area contributed by atoms with Crippen molar-refractivity contribution in [2.45, 2.75) is 13.5 Å². The number of nitrogens with one attached hydrogen (secondary N) is 1. The second kappa shape index (κ2) is 4.62. The van der Waals surface area contributed by atoms with Gasteiger partial charge in [0, 0.05) is 11.8 Å². The zero-order valence-corrected chi connectivity index (χ0v) is 9.70. The summed E-state index contributed by atoms with van der Waals surface area (Å²) in [6.07, 6.45) is 2.28. The fourth-order valence-corrected chi connectivity index (χ4v) is 1.45. The van der Waals surface area contributed by atoms with Crippen molar-refractivity contribution in [2.24, 2.45) is 0 Å². The molecule has 0 unspecified atom stereocenters. The summed E-state index contributed by atoms with van der Waals surface area (Å²) in [6, 6.07) is 0. The summed E-state index contributed by atoms with van der Waals surface area (Å²) < 4.78 is 27.0. The molecule has 7 nitrogen and oxygen atoms in total. The van der Waals surface area contributed by atoms with Crippen LogP contribution in [-0.4, -0.2) is 30.8 Å². The van der Waals surface area contributed by atoms with Gasteiger partial charge in [0.25, 0.3) is 15.7 Å². The molecular weight excluding hydrogens is 236 g/mol. The highest BCUT2D eigenvalue weighted by Crippen LogP contribution is 1.89. The highest BCUT2D eigenvalue weighted by atomic mass is 32.2. The predicted molar refractivity (Wildman–Crippen MR) is 56.9 cm³/mol. The van der Waals surface area contributed by atoms with Gasteiger partial charge in [-0.05, 0) is 6.92 Å². The van der Waals surface area contributed by atoms with Crippen molar-refractivity contribution in [3.8, 4) is 0 Å². The third-order valence-corrected chi connectivity index (χ3v) is 2.41. The van der Waals surface area contributed by atoms with E-state index in [1.165, 1.54) is 10.8 Å². The molecule has 1 aromatic heterocycles. The summed E-state index contributed by atoms with van der Waals surface area (Å²) in [5, 5.41) is 0. The Balaban J connectivity index is 2.80. The first-order valence-corrected chi connectivity index (χ1v) is 6.26. The molecule has 16 heavy (non-hydrogen) atoms. The summed E-state index contributed by atoms with van der Waals surface area (Å²) in [4.78, 5) is 24.4. The van der Waals surface area contributed by atoms with E-state index in [1.807, 2.05) is 0 Å². The molecule has 0 fully saturated rings. The Morgan fingerprint density at radius 1 is 1.44 bits per heavy atom. The van der Waals surface area contributed by atoms with E-state index in [-0.39, 0.29) is 13.2 Å². The number of aromatic amines is 1. The third kappa shape index (κ3) is 3.63.